The highest BCUT2D eigenvalue weighted by Crippen LogP contribution is 2.27. The number of nitrogens with zero attached hydrogens (tertiary/aromatic N) is 2. The molecule has 0 aliphatic heterocycles. The molecule has 2 aromatic carbocycles. The van der Waals surface area contributed by atoms with Gasteiger partial charge in [0.25, 0.3) is 0 Å². The van der Waals surface area contributed by atoms with Crippen LogP contribution in [0.25, 0.3) is 0 Å². The fourth-order valence-electron chi connectivity index (χ4n) is 2.67. The average Bonchev–Trinajstić information content (AvgIpc) is 2.69. The molecule has 28 heavy (non-hydrogen) atoms. The smallest absolute Gasteiger partial charge is 0.193 e. The molecule has 0 amide bonds. The Labute approximate surface area is 182 Å². The van der Waals surface area contributed by atoms with Gasteiger partial charge in [0.2, 0.25) is 0 Å². The van der Waals surface area contributed by atoms with E-state index in [4.69, 9.17) is 9.47 Å². The first-order chi connectivity index (χ1) is 13.0. The van der Waals surface area contributed by atoms with Crippen molar-refractivity contribution < 1.29 is 19.0 Å². The number of halogens is 2. The summed E-state index contributed by atoms with van der Waals surface area (Å²) in [6.45, 7) is 1.14. The predicted molar refractivity (Wildman–Crippen MR) is 120 cm³/mol. The second-order valence-corrected chi connectivity index (χ2v) is 6.05. The SMILES string of the molecule is CN=C(NCc1ccc(O)c(F)c1)N(C)CCc1ccc(OC)c(OC)c1.I. The first kappa shape index (κ1) is 23.8. The first-order valence-corrected chi connectivity index (χ1v) is 8.58. The van der Waals surface area contributed by atoms with Gasteiger partial charge in [-0.2, -0.15) is 0 Å². The lowest BCUT2D eigenvalue weighted by atomic mass is 10.1. The molecule has 0 aliphatic carbocycles. The summed E-state index contributed by atoms with van der Waals surface area (Å²) in [6.07, 6.45) is 0.797. The number of likely N-dealkylation sites (N-methyl/N-ethyl adjacent to an activating group) is 1. The summed E-state index contributed by atoms with van der Waals surface area (Å²) in [4.78, 5) is 6.25. The Bertz CT molecular complexity index is 802. The minimum atomic E-state index is -0.633. The van der Waals surface area contributed by atoms with E-state index in [0.29, 0.717) is 24.0 Å². The van der Waals surface area contributed by atoms with Crippen molar-refractivity contribution in [2.75, 3.05) is 34.9 Å². The molecule has 6 nitrogen and oxygen atoms in total. The number of nitrogens with one attached hydrogen (secondary N) is 1. The van der Waals surface area contributed by atoms with E-state index in [9.17, 15) is 9.50 Å². The van der Waals surface area contributed by atoms with Crippen molar-refractivity contribution in [1.82, 2.24) is 10.2 Å². The van der Waals surface area contributed by atoms with Crippen LogP contribution in [-0.2, 0) is 13.0 Å². The molecule has 0 spiro atoms. The molecule has 0 fully saturated rings. The van der Waals surface area contributed by atoms with Gasteiger partial charge < -0.3 is 24.8 Å². The van der Waals surface area contributed by atoms with Crippen molar-refractivity contribution in [1.29, 1.82) is 0 Å². The molecule has 2 rings (SSSR count). The molecule has 0 heterocycles. The lowest BCUT2D eigenvalue weighted by Gasteiger charge is -2.22. The van der Waals surface area contributed by atoms with Crippen LogP contribution < -0.4 is 14.8 Å². The fraction of sp³-hybridized carbons (Fsp3) is 0.350. The van der Waals surface area contributed by atoms with E-state index in [1.807, 2.05) is 30.1 Å². The van der Waals surface area contributed by atoms with Crippen molar-refractivity contribution in [3.8, 4) is 17.2 Å². The molecule has 0 aliphatic rings. The minimum absolute atomic E-state index is 0. The van der Waals surface area contributed by atoms with E-state index in [1.54, 1.807) is 27.3 Å². The van der Waals surface area contributed by atoms with Gasteiger partial charge in [0.15, 0.2) is 29.0 Å². The molecule has 0 aromatic heterocycles. The largest absolute Gasteiger partial charge is 0.505 e. The average molecular weight is 503 g/mol. The Morgan fingerprint density at radius 2 is 1.79 bits per heavy atom. The summed E-state index contributed by atoms with van der Waals surface area (Å²) in [6, 6.07) is 10.2. The number of aromatic hydroxyl groups is 1. The highest BCUT2D eigenvalue weighted by atomic mass is 127. The van der Waals surface area contributed by atoms with Gasteiger partial charge in [-0.05, 0) is 41.8 Å². The zero-order chi connectivity index (χ0) is 19.8. The molecule has 0 saturated heterocycles. The lowest BCUT2D eigenvalue weighted by molar-refractivity contribution is 0.354. The topological polar surface area (TPSA) is 66.3 Å². The number of phenolic OH excluding ortho intramolecular Hbond substituents is 1. The molecule has 154 valence electrons. The van der Waals surface area contributed by atoms with Crippen LogP contribution in [0.1, 0.15) is 11.1 Å². The van der Waals surface area contributed by atoms with Crippen molar-refractivity contribution in [3.63, 3.8) is 0 Å². The lowest BCUT2D eigenvalue weighted by Crippen LogP contribution is -2.39. The molecule has 0 bridgehead atoms. The Morgan fingerprint density at radius 3 is 2.39 bits per heavy atom. The Kier molecular flexibility index (Phi) is 9.84. The van der Waals surface area contributed by atoms with Gasteiger partial charge in [0.1, 0.15) is 0 Å². The maximum Gasteiger partial charge on any atom is 0.193 e. The van der Waals surface area contributed by atoms with Gasteiger partial charge in [-0.3, -0.25) is 4.99 Å². The van der Waals surface area contributed by atoms with E-state index >= 15 is 0 Å². The van der Waals surface area contributed by atoms with Crippen molar-refractivity contribution >= 4 is 29.9 Å². The van der Waals surface area contributed by atoms with E-state index in [-0.39, 0.29) is 29.7 Å². The van der Waals surface area contributed by atoms with Crippen LogP contribution in [-0.4, -0.2) is 50.8 Å². The van der Waals surface area contributed by atoms with Crippen LogP contribution in [0, 0.1) is 5.82 Å². The number of aliphatic imine (C=N–C) groups is 1. The van der Waals surface area contributed by atoms with Gasteiger partial charge >= 0.3 is 0 Å². The number of phenols is 1. The number of rotatable bonds is 7. The van der Waals surface area contributed by atoms with E-state index in [2.05, 4.69) is 10.3 Å². The van der Waals surface area contributed by atoms with Gasteiger partial charge in [-0.25, -0.2) is 4.39 Å². The third-order valence-electron chi connectivity index (χ3n) is 4.22. The molecule has 2 aromatic rings. The molecule has 0 saturated carbocycles. The quantitative estimate of drug-likeness (QED) is 0.345. The van der Waals surface area contributed by atoms with Crippen molar-refractivity contribution in [3.05, 3.63) is 53.3 Å². The summed E-state index contributed by atoms with van der Waals surface area (Å²) in [7, 11) is 6.87. The summed E-state index contributed by atoms with van der Waals surface area (Å²) >= 11 is 0. The molecule has 0 radical (unpaired) electrons. The molecule has 0 atom stereocenters. The molecule has 2 N–H and O–H groups in total. The number of methoxy groups -OCH3 is 2. The highest BCUT2D eigenvalue weighted by Gasteiger charge is 2.09. The Hall–Kier alpha value is -2.23. The van der Waals surface area contributed by atoms with Crippen molar-refractivity contribution in [2.45, 2.75) is 13.0 Å². The number of guanidine groups is 1. The third-order valence-corrected chi connectivity index (χ3v) is 4.22. The summed E-state index contributed by atoms with van der Waals surface area (Å²) in [5.41, 5.74) is 1.84. The van der Waals surface area contributed by atoms with E-state index in [1.165, 1.54) is 12.1 Å². The number of hydrogen-bond donors (Lipinski definition) is 2. The van der Waals surface area contributed by atoms with Crippen LogP contribution >= 0.6 is 24.0 Å². The number of benzene rings is 2. The van der Waals surface area contributed by atoms with Gasteiger partial charge in [-0.15, -0.1) is 24.0 Å². The minimum Gasteiger partial charge on any atom is -0.505 e. The monoisotopic (exact) mass is 503 g/mol. The zero-order valence-corrected chi connectivity index (χ0v) is 18.9. The van der Waals surface area contributed by atoms with Gasteiger partial charge in [-0.1, -0.05) is 12.1 Å². The molecular formula is C20H27FIN3O3. The fourth-order valence-corrected chi connectivity index (χ4v) is 2.67. The van der Waals surface area contributed by atoms with Crippen LogP contribution in [0.15, 0.2) is 41.4 Å². The summed E-state index contributed by atoms with van der Waals surface area (Å²) in [5, 5.41) is 12.5. The normalized spacial score (nSPS) is 10.8. The van der Waals surface area contributed by atoms with Crippen LogP contribution in [0.2, 0.25) is 0 Å². The first-order valence-electron chi connectivity index (χ1n) is 8.58. The number of hydrogen-bond acceptors (Lipinski definition) is 4. The standard InChI is InChI=1S/C20H26FN3O3.HI/c1-22-20(23-13-15-5-7-17(25)16(21)11-15)24(2)10-9-14-6-8-18(26-3)19(12-14)27-4;/h5-8,11-12,25H,9-10,13H2,1-4H3,(H,22,23);1H. The maximum absolute atomic E-state index is 13.4. The second-order valence-electron chi connectivity index (χ2n) is 6.05. The molecular weight excluding hydrogens is 476 g/mol. The van der Waals surface area contributed by atoms with Gasteiger partial charge in [0.05, 0.1) is 14.2 Å². The van der Waals surface area contributed by atoms with Crippen LogP contribution in [0.5, 0.6) is 17.2 Å². The predicted octanol–water partition coefficient (Wildman–Crippen LogP) is 3.42. The molecule has 8 heteroatoms. The Balaban J connectivity index is 0.00000392. The van der Waals surface area contributed by atoms with Crippen LogP contribution in [0.3, 0.4) is 0 Å². The van der Waals surface area contributed by atoms with E-state index in [0.717, 1.165) is 24.1 Å². The third kappa shape index (κ3) is 6.43. The zero-order valence-electron chi connectivity index (χ0n) is 16.5. The van der Waals surface area contributed by atoms with Crippen molar-refractivity contribution in [2.24, 2.45) is 4.99 Å². The highest BCUT2D eigenvalue weighted by molar-refractivity contribution is 14.0. The number of ether oxygens (including phenoxy) is 2. The summed E-state index contributed by atoms with van der Waals surface area (Å²) in [5.74, 6) is 1.12. The maximum atomic E-state index is 13.4. The van der Waals surface area contributed by atoms with Crippen LogP contribution in [0.4, 0.5) is 4.39 Å². The summed E-state index contributed by atoms with van der Waals surface area (Å²) < 4.78 is 24.0. The van der Waals surface area contributed by atoms with Gasteiger partial charge in [0, 0.05) is 27.2 Å². The Morgan fingerprint density at radius 1 is 1.11 bits per heavy atom. The molecule has 0 unspecified atom stereocenters. The second kappa shape index (κ2) is 11.6. The van der Waals surface area contributed by atoms with E-state index < -0.39 is 5.82 Å².